The summed E-state index contributed by atoms with van der Waals surface area (Å²) >= 11 is 1.45. The topological polar surface area (TPSA) is 98.5 Å². The van der Waals surface area contributed by atoms with Crippen molar-refractivity contribution in [2.75, 3.05) is 12.3 Å². The van der Waals surface area contributed by atoms with E-state index in [0.717, 1.165) is 9.18 Å². The molecule has 0 spiro atoms. The Hall–Kier alpha value is -1.43. The molecule has 1 aromatic rings. The Kier molecular flexibility index (Phi) is 3.31. The van der Waals surface area contributed by atoms with Gasteiger partial charge in [-0.05, 0) is 36.3 Å². The van der Waals surface area contributed by atoms with Crippen LogP contribution in [0.15, 0.2) is 11.4 Å². The van der Waals surface area contributed by atoms with Crippen molar-refractivity contribution in [3.8, 4) is 6.07 Å². The predicted molar refractivity (Wildman–Crippen MR) is 76.2 cm³/mol. The van der Waals surface area contributed by atoms with E-state index in [0.29, 0.717) is 24.8 Å². The number of fused-ring (bicyclic) bond motifs is 1. The molecule has 1 atom stereocenters. The first-order valence-electron chi connectivity index (χ1n) is 6.58. The molecular formula is C13H14N2O4S2. The van der Waals surface area contributed by atoms with Gasteiger partial charge in [-0.25, -0.2) is 8.42 Å². The molecule has 6 nitrogen and oxygen atoms in total. The van der Waals surface area contributed by atoms with Gasteiger partial charge >= 0.3 is 5.97 Å². The van der Waals surface area contributed by atoms with E-state index in [2.05, 4.69) is 6.07 Å². The summed E-state index contributed by atoms with van der Waals surface area (Å²) in [5.41, 5.74) is -0.249. The standard InChI is InChI=1S/C13H14N2O4S2/c14-7-13(3-4-13)8-21(18,19)15-5-1-10-9(2-6-20-10)11(15)12(16)17/h2,6,11H,1,3-5,8H2,(H,16,17). The first-order valence-corrected chi connectivity index (χ1v) is 9.07. The number of carboxylic acids is 1. The highest BCUT2D eigenvalue weighted by Gasteiger charge is 2.50. The zero-order valence-electron chi connectivity index (χ0n) is 11.2. The van der Waals surface area contributed by atoms with Crippen LogP contribution in [0.25, 0.3) is 0 Å². The molecule has 112 valence electrons. The molecule has 1 N–H and O–H groups in total. The van der Waals surface area contributed by atoms with Crippen LogP contribution in [-0.2, 0) is 21.2 Å². The number of hydrogen-bond donors (Lipinski definition) is 1. The minimum atomic E-state index is -3.77. The number of carbonyl (C=O) groups is 1. The van der Waals surface area contributed by atoms with Gasteiger partial charge in [-0.15, -0.1) is 11.3 Å². The summed E-state index contributed by atoms with van der Waals surface area (Å²) in [5, 5.41) is 20.3. The second kappa shape index (κ2) is 4.80. The van der Waals surface area contributed by atoms with E-state index in [4.69, 9.17) is 5.26 Å². The van der Waals surface area contributed by atoms with Crippen molar-refractivity contribution < 1.29 is 18.3 Å². The third-order valence-electron chi connectivity index (χ3n) is 4.06. The number of thiophene rings is 1. The molecule has 1 aliphatic carbocycles. The number of nitrogens with zero attached hydrogens (tertiary/aromatic N) is 2. The van der Waals surface area contributed by atoms with Crippen LogP contribution in [-0.4, -0.2) is 36.1 Å². The monoisotopic (exact) mass is 326 g/mol. The molecule has 3 rings (SSSR count). The Labute approximate surface area is 126 Å². The summed E-state index contributed by atoms with van der Waals surface area (Å²) in [4.78, 5) is 12.5. The fourth-order valence-corrected chi connectivity index (χ4v) is 5.74. The van der Waals surface area contributed by atoms with Crippen molar-refractivity contribution in [3.05, 3.63) is 21.9 Å². The third-order valence-corrected chi connectivity index (χ3v) is 7.08. The van der Waals surface area contributed by atoms with E-state index < -0.39 is 27.4 Å². The first kappa shape index (κ1) is 14.5. The molecule has 0 radical (unpaired) electrons. The van der Waals surface area contributed by atoms with Crippen molar-refractivity contribution in [3.63, 3.8) is 0 Å². The fourth-order valence-electron chi connectivity index (χ4n) is 2.72. The number of hydrogen-bond acceptors (Lipinski definition) is 5. The van der Waals surface area contributed by atoms with E-state index in [1.165, 1.54) is 11.3 Å². The lowest BCUT2D eigenvalue weighted by atomic mass is 10.0. The summed E-state index contributed by atoms with van der Waals surface area (Å²) in [6.07, 6.45) is 1.66. The molecular weight excluding hydrogens is 312 g/mol. The molecule has 0 saturated heterocycles. The Morgan fingerprint density at radius 2 is 2.29 bits per heavy atom. The highest BCUT2D eigenvalue weighted by atomic mass is 32.2. The normalized spacial score (nSPS) is 24.0. The summed E-state index contributed by atoms with van der Waals surface area (Å²) in [5.74, 6) is -1.44. The highest BCUT2D eigenvalue weighted by molar-refractivity contribution is 7.89. The zero-order valence-corrected chi connectivity index (χ0v) is 12.8. The molecule has 1 fully saturated rings. The van der Waals surface area contributed by atoms with Gasteiger partial charge in [0.2, 0.25) is 10.0 Å². The van der Waals surface area contributed by atoms with Crippen LogP contribution in [0.4, 0.5) is 0 Å². The maximum absolute atomic E-state index is 12.6. The SMILES string of the molecule is N#CC1(CS(=O)(=O)N2CCc3sccc3C2C(=O)O)CC1. The van der Waals surface area contributed by atoms with Crippen molar-refractivity contribution >= 4 is 27.3 Å². The molecule has 0 aromatic carbocycles. The van der Waals surface area contributed by atoms with Gasteiger partial charge in [0.15, 0.2) is 0 Å². The highest BCUT2D eigenvalue weighted by Crippen LogP contribution is 2.47. The van der Waals surface area contributed by atoms with Gasteiger partial charge in [-0.3, -0.25) is 4.79 Å². The average molecular weight is 326 g/mol. The van der Waals surface area contributed by atoms with E-state index in [1.54, 1.807) is 11.4 Å². The van der Waals surface area contributed by atoms with Crippen molar-refractivity contribution in [2.24, 2.45) is 5.41 Å². The Morgan fingerprint density at radius 1 is 1.57 bits per heavy atom. The lowest BCUT2D eigenvalue weighted by Crippen LogP contribution is -2.45. The second-order valence-electron chi connectivity index (χ2n) is 5.55. The molecule has 1 aromatic heterocycles. The number of nitriles is 1. The van der Waals surface area contributed by atoms with Gasteiger partial charge in [0.05, 0.1) is 17.2 Å². The van der Waals surface area contributed by atoms with Crippen molar-refractivity contribution in [1.82, 2.24) is 4.31 Å². The van der Waals surface area contributed by atoms with E-state index in [9.17, 15) is 18.3 Å². The van der Waals surface area contributed by atoms with E-state index in [1.807, 2.05) is 0 Å². The summed E-state index contributed by atoms with van der Waals surface area (Å²) in [6, 6.07) is 2.57. The van der Waals surface area contributed by atoms with Gasteiger partial charge in [0, 0.05) is 11.4 Å². The molecule has 1 saturated carbocycles. The van der Waals surface area contributed by atoms with Crippen LogP contribution in [0.1, 0.15) is 29.3 Å². The minimum absolute atomic E-state index is 0.161. The predicted octanol–water partition coefficient (Wildman–Crippen LogP) is 1.37. The van der Waals surface area contributed by atoms with Crippen molar-refractivity contribution in [1.29, 1.82) is 5.26 Å². The number of rotatable bonds is 4. The van der Waals surface area contributed by atoms with Gasteiger partial charge in [-0.2, -0.15) is 9.57 Å². The lowest BCUT2D eigenvalue weighted by molar-refractivity contribution is -0.142. The summed E-state index contributed by atoms with van der Waals surface area (Å²) < 4.78 is 26.2. The van der Waals surface area contributed by atoms with Gasteiger partial charge in [-0.1, -0.05) is 0 Å². The quantitative estimate of drug-likeness (QED) is 0.901. The fraction of sp³-hybridized carbons (Fsp3) is 0.538. The zero-order chi connectivity index (χ0) is 15.3. The maximum atomic E-state index is 12.6. The van der Waals surface area contributed by atoms with Gasteiger partial charge in [0.25, 0.3) is 0 Å². The summed E-state index contributed by atoms with van der Waals surface area (Å²) in [7, 11) is -3.77. The maximum Gasteiger partial charge on any atom is 0.326 e. The molecule has 0 amide bonds. The van der Waals surface area contributed by atoms with Crippen LogP contribution in [0.3, 0.4) is 0 Å². The third kappa shape index (κ3) is 2.46. The smallest absolute Gasteiger partial charge is 0.326 e. The van der Waals surface area contributed by atoms with Crippen LogP contribution in [0.2, 0.25) is 0 Å². The molecule has 0 bridgehead atoms. The molecule has 2 heterocycles. The number of sulfonamides is 1. The summed E-state index contributed by atoms with van der Waals surface area (Å²) in [6.45, 7) is 0.161. The van der Waals surface area contributed by atoms with E-state index >= 15 is 0 Å². The van der Waals surface area contributed by atoms with Crippen molar-refractivity contribution in [2.45, 2.75) is 25.3 Å². The van der Waals surface area contributed by atoms with Gasteiger partial charge < -0.3 is 5.11 Å². The molecule has 2 aliphatic rings. The lowest BCUT2D eigenvalue weighted by Gasteiger charge is -2.32. The second-order valence-corrected chi connectivity index (χ2v) is 8.47. The number of aliphatic carboxylic acids is 1. The molecule has 21 heavy (non-hydrogen) atoms. The Bertz CT molecular complexity index is 728. The first-order chi connectivity index (χ1) is 9.88. The number of carboxylic acid groups (broad SMARTS) is 1. The minimum Gasteiger partial charge on any atom is -0.480 e. The molecule has 8 heteroatoms. The van der Waals surface area contributed by atoms with Crippen LogP contribution >= 0.6 is 11.3 Å². The molecule has 1 unspecified atom stereocenters. The average Bonchev–Trinajstić information content (AvgIpc) is 3.02. The van der Waals surface area contributed by atoms with E-state index in [-0.39, 0.29) is 12.3 Å². The van der Waals surface area contributed by atoms with Gasteiger partial charge in [0.1, 0.15) is 6.04 Å². The largest absolute Gasteiger partial charge is 0.480 e. The Morgan fingerprint density at radius 3 is 2.86 bits per heavy atom. The Balaban J connectivity index is 1.95. The van der Waals surface area contributed by atoms with Crippen LogP contribution in [0, 0.1) is 16.7 Å². The molecule has 1 aliphatic heterocycles. The van der Waals surface area contributed by atoms with Crippen LogP contribution < -0.4 is 0 Å². The van der Waals surface area contributed by atoms with Crippen LogP contribution in [0.5, 0.6) is 0 Å².